The molecule has 0 aliphatic carbocycles. The van der Waals surface area contributed by atoms with Crippen molar-refractivity contribution < 1.29 is 39.7 Å². The molecule has 3 aromatic rings. The van der Waals surface area contributed by atoms with Crippen molar-refractivity contribution in [2.24, 2.45) is 5.11 Å². The highest BCUT2D eigenvalue weighted by Gasteiger charge is 2.39. The van der Waals surface area contributed by atoms with Crippen molar-refractivity contribution in [2.45, 2.75) is 55.4 Å². The molecule has 0 saturated carbocycles. The van der Waals surface area contributed by atoms with Crippen molar-refractivity contribution in [1.29, 1.82) is 0 Å². The molecule has 1 aromatic heterocycles. The number of H-pyrrole nitrogens is 1. The predicted octanol–water partition coefficient (Wildman–Crippen LogP) is 3.53. The van der Waals surface area contributed by atoms with E-state index in [1.54, 1.807) is 38.1 Å². The van der Waals surface area contributed by atoms with Crippen molar-refractivity contribution in [2.75, 3.05) is 31.3 Å². The smallest absolute Gasteiger partial charge is 0.352 e. The first-order valence-electron chi connectivity index (χ1n) is 14.3. The Balaban J connectivity index is 1.49. The Labute approximate surface area is 270 Å². The molecule has 1 N–H and O–H groups in total. The first-order chi connectivity index (χ1) is 22.1. The van der Waals surface area contributed by atoms with Crippen LogP contribution in [0.1, 0.15) is 29.3 Å². The topological polar surface area (TPSA) is 226 Å². The van der Waals surface area contributed by atoms with Gasteiger partial charge in [-0.2, -0.15) is 0 Å². The maximum Gasteiger partial charge on any atom is 0.474 e. The molecule has 0 spiro atoms. The molecule has 0 amide bonds. The number of azide groups is 1. The molecule has 2 aromatic carbocycles. The van der Waals surface area contributed by atoms with E-state index in [0.29, 0.717) is 0 Å². The van der Waals surface area contributed by atoms with Crippen molar-refractivity contribution in [1.82, 2.24) is 9.55 Å². The molecule has 2 heterocycles. The minimum Gasteiger partial charge on any atom is -0.352 e. The summed E-state index contributed by atoms with van der Waals surface area (Å²) >= 11 is 0. The van der Waals surface area contributed by atoms with Crippen molar-refractivity contribution >= 4 is 27.5 Å². The van der Waals surface area contributed by atoms with Crippen LogP contribution in [-0.4, -0.2) is 69.9 Å². The van der Waals surface area contributed by atoms with Crippen molar-refractivity contribution in [3.8, 4) is 0 Å². The Morgan fingerprint density at radius 1 is 0.915 bits per heavy atom. The van der Waals surface area contributed by atoms with E-state index in [9.17, 15) is 31.0 Å². The number of phosphoric acid groups is 1. The second-order valence-electron chi connectivity index (χ2n) is 10.8. The molecule has 47 heavy (non-hydrogen) atoms. The third-order valence-electron chi connectivity index (χ3n) is 7.22. The molecule has 3 atom stereocenters. The van der Waals surface area contributed by atoms with Gasteiger partial charge in [-0.1, -0.05) is 40.5 Å². The Hall–Kier alpha value is -3.60. The highest BCUT2D eigenvalue weighted by molar-refractivity contribution is 7.91. The zero-order valence-corrected chi connectivity index (χ0v) is 28.2. The number of aromatic amines is 1. The normalized spacial score (nSPS) is 18.6. The number of sulfone groups is 2. The summed E-state index contributed by atoms with van der Waals surface area (Å²) in [5.74, 6) is -1.21. The van der Waals surface area contributed by atoms with Gasteiger partial charge in [-0.05, 0) is 50.6 Å². The van der Waals surface area contributed by atoms with Crippen LogP contribution in [0.2, 0.25) is 0 Å². The summed E-state index contributed by atoms with van der Waals surface area (Å²) in [7, 11) is -12.4. The zero-order valence-electron chi connectivity index (χ0n) is 25.7. The van der Waals surface area contributed by atoms with Gasteiger partial charge in [0.1, 0.15) is 6.23 Å². The summed E-state index contributed by atoms with van der Waals surface area (Å²) in [6.07, 6.45) is -0.827. The Bertz CT molecular complexity index is 1920. The highest BCUT2D eigenvalue weighted by Crippen LogP contribution is 2.50. The maximum absolute atomic E-state index is 13.7. The van der Waals surface area contributed by atoms with Gasteiger partial charge in [-0.3, -0.25) is 27.9 Å². The predicted molar refractivity (Wildman–Crippen MR) is 169 cm³/mol. The number of hydrogen-bond acceptors (Lipinski definition) is 12. The number of benzene rings is 2. The van der Waals surface area contributed by atoms with Crippen LogP contribution in [0.5, 0.6) is 0 Å². The zero-order chi connectivity index (χ0) is 34.4. The van der Waals surface area contributed by atoms with Gasteiger partial charge in [0, 0.05) is 23.1 Å². The second-order valence-corrected chi connectivity index (χ2v) is 16.7. The molecule has 1 saturated heterocycles. The third-order valence-corrected chi connectivity index (χ3v) is 12.1. The Morgan fingerprint density at radius 2 is 1.43 bits per heavy atom. The van der Waals surface area contributed by atoms with E-state index < -0.39 is 88.4 Å². The van der Waals surface area contributed by atoms with Crippen LogP contribution in [0.4, 0.5) is 0 Å². The number of aromatic nitrogens is 2. The monoisotopic (exact) mass is 711 g/mol. The van der Waals surface area contributed by atoms with Gasteiger partial charge in [0.25, 0.3) is 5.56 Å². The third kappa shape index (κ3) is 9.49. The fourth-order valence-corrected chi connectivity index (χ4v) is 8.15. The number of nitrogens with zero attached hydrogens (tertiary/aromatic N) is 4. The van der Waals surface area contributed by atoms with E-state index in [1.807, 2.05) is 0 Å². The van der Waals surface area contributed by atoms with Crippen LogP contribution in [0.15, 0.2) is 79.2 Å². The summed E-state index contributed by atoms with van der Waals surface area (Å²) in [6.45, 7) is 3.22. The van der Waals surface area contributed by atoms with E-state index in [4.69, 9.17) is 23.8 Å². The summed E-state index contributed by atoms with van der Waals surface area (Å²) in [4.78, 5) is 29.2. The number of hydrogen-bond donors (Lipinski definition) is 1. The minimum absolute atomic E-state index is 0.0148. The number of aryl methyl sites for hydroxylation is 3. The van der Waals surface area contributed by atoms with Gasteiger partial charge in [-0.25, -0.2) is 26.2 Å². The Morgan fingerprint density at radius 3 is 1.91 bits per heavy atom. The SMILES string of the molecule is Cc1ccc(S(=O)(=O)CCOP(=O)(OCCS(=O)(=O)c2ccc(C)cc2)OC[C@H]2O[C@@H](n3cc(C)c(=O)[nH]c3=O)CC2N=[N+]=[N-])cc1. The standard InChI is InChI=1S/C28H34N5O11PS2/c1-19-4-8-22(9-5-19)46(37,38)14-12-41-45(36,42-13-15-47(39,40)23-10-6-20(2)7-11-23)43-18-25-24(31-32-29)16-26(44-25)33-17-21(3)27(34)30-28(33)35/h4-11,17,24-26H,12-16,18H2,1-3H3,(H,30,34,35)/t24?,25-,26-/m1/s1. The van der Waals surface area contributed by atoms with Gasteiger partial charge >= 0.3 is 13.5 Å². The number of phosphoric ester groups is 1. The maximum atomic E-state index is 13.7. The van der Waals surface area contributed by atoms with E-state index >= 15 is 0 Å². The largest absolute Gasteiger partial charge is 0.474 e. The first kappa shape index (κ1) is 36.2. The summed E-state index contributed by atoms with van der Waals surface area (Å²) < 4.78 is 88.2. The van der Waals surface area contributed by atoms with Gasteiger partial charge < -0.3 is 4.74 Å². The van der Waals surface area contributed by atoms with Crippen LogP contribution >= 0.6 is 7.82 Å². The molecule has 0 radical (unpaired) electrons. The fourth-order valence-electron chi connectivity index (χ4n) is 4.54. The number of ether oxygens (including phenoxy) is 1. The van der Waals surface area contributed by atoms with Crippen molar-refractivity contribution in [3.05, 3.63) is 103 Å². The molecule has 16 nitrogen and oxygen atoms in total. The van der Waals surface area contributed by atoms with Gasteiger partial charge in [-0.15, -0.1) is 0 Å². The molecule has 1 fully saturated rings. The highest BCUT2D eigenvalue weighted by atomic mass is 32.2. The fraction of sp³-hybridized carbons (Fsp3) is 0.429. The second kappa shape index (κ2) is 15.1. The molecule has 19 heteroatoms. The van der Waals surface area contributed by atoms with E-state index in [-0.39, 0.29) is 21.8 Å². The number of rotatable bonds is 15. The quantitative estimate of drug-likeness (QED) is 0.104. The lowest BCUT2D eigenvalue weighted by molar-refractivity contribution is -0.0299. The van der Waals surface area contributed by atoms with Crippen LogP contribution in [0.3, 0.4) is 0 Å². The number of nitrogens with one attached hydrogen (secondary N) is 1. The molecule has 4 rings (SSSR count). The average molecular weight is 712 g/mol. The first-order valence-corrected chi connectivity index (χ1v) is 19.0. The molecule has 254 valence electrons. The van der Waals surface area contributed by atoms with Crippen LogP contribution in [-0.2, 0) is 42.5 Å². The van der Waals surface area contributed by atoms with E-state index in [0.717, 1.165) is 15.7 Å². The lowest BCUT2D eigenvalue weighted by Crippen LogP contribution is -2.33. The Kier molecular flexibility index (Phi) is 11.6. The molecule has 1 aliphatic rings. The summed E-state index contributed by atoms with van der Waals surface area (Å²) in [6, 6.07) is 11.2. The molecule has 1 aliphatic heterocycles. The summed E-state index contributed by atoms with van der Waals surface area (Å²) in [5.41, 5.74) is 9.67. The van der Waals surface area contributed by atoms with Gasteiger partial charge in [0.2, 0.25) is 0 Å². The molecular weight excluding hydrogens is 677 g/mol. The van der Waals surface area contributed by atoms with Crippen LogP contribution < -0.4 is 11.2 Å². The van der Waals surface area contributed by atoms with Gasteiger partial charge in [0.15, 0.2) is 19.7 Å². The lowest BCUT2D eigenvalue weighted by atomic mass is 10.1. The van der Waals surface area contributed by atoms with Gasteiger partial charge in [0.05, 0.1) is 53.3 Å². The molecule has 0 bridgehead atoms. The van der Waals surface area contributed by atoms with Crippen LogP contribution in [0, 0.1) is 20.8 Å². The average Bonchev–Trinajstić information content (AvgIpc) is 3.41. The lowest BCUT2D eigenvalue weighted by Gasteiger charge is -2.21. The minimum atomic E-state index is -4.66. The van der Waals surface area contributed by atoms with E-state index in [1.165, 1.54) is 37.4 Å². The van der Waals surface area contributed by atoms with Crippen LogP contribution in [0.25, 0.3) is 10.4 Å². The summed E-state index contributed by atoms with van der Waals surface area (Å²) in [5, 5.41) is 3.68. The molecular formula is C28H34N5O11PS2. The van der Waals surface area contributed by atoms with E-state index in [2.05, 4.69) is 15.0 Å². The van der Waals surface area contributed by atoms with Crippen molar-refractivity contribution in [3.63, 3.8) is 0 Å². The molecule has 1 unspecified atom stereocenters.